The minimum absolute atomic E-state index is 0.180. The Morgan fingerprint density at radius 3 is 2.65 bits per heavy atom. The van der Waals surface area contributed by atoms with Gasteiger partial charge in [0, 0.05) is 25.4 Å². The highest BCUT2D eigenvalue weighted by molar-refractivity contribution is 6.11. The maximum Gasteiger partial charge on any atom is 0.327 e. The molecular weight excluding hydrogens is 294 g/mol. The number of nitrogens with one attached hydrogen (secondary N) is 1. The number of urea groups is 1. The van der Waals surface area contributed by atoms with Crippen LogP contribution in [0.15, 0.2) is 23.9 Å². The average Bonchev–Trinajstić information content (AvgIpc) is 3.16. The summed E-state index contributed by atoms with van der Waals surface area (Å²) >= 11 is 0. The molecule has 1 unspecified atom stereocenters. The van der Waals surface area contributed by atoms with Crippen LogP contribution in [-0.4, -0.2) is 53.2 Å². The van der Waals surface area contributed by atoms with Gasteiger partial charge in [-0.25, -0.2) is 4.79 Å². The van der Waals surface area contributed by atoms with Crippen LogP contribution in [0.3, 0.4) is 0 Å². The predicted octanol–water partition coefficient (Wildman–Crippen LogP) is 1.44. The van der Waals surface area contributed by atoms with Crippen molar-refractivity contribution in [1.82, 2.24) is 15.1 Å². The van der Waals surface area contributed by atoms with E-state index < -0.39 is 5.54 Å². The molecule has 0 radical (unpaired) electrons. The van der Waals surface area contributed by atoms with Crippen LogP contribution >= 0.6 is 0 Å². The molecule has 3 amide bonds. The summed E-state index contributed by atoms with van der Waals surface area (Å²) in [5.41, 5.74) is -0.322. The Balaban J connectivity index is 1.79. The summed E-state index contributed by atoms with van der Waals surface area (Å²) in [5.74, 6) is -0.280. The first kappa shape index (κ1) is 15.8. The van der Waals surface area contributed by atoms with E-state index in [1.165, 1.54) is 4.90 Å². The van der Waals surface area contributed by atoms with Crippen molar-refractivity contribution < 1.29 is 14.4 Å². The molecule has 2 fully saturated rings. The summed E-state index contributed by atoms with van der Waals surface area (Å²) in [6.45, 7) is 2.33. The van der Waals surface area contributed by atoms with E-state index in [1.54, 1.807) is 19.3 Å². The summed E-state index contributed by atoms with van der Waals surface area (Å²) in [6, 6.07) is -0.369. The molecule has 1 atom stereocenters. The summed E-state index contributed by atoms with van der Waals surface area (Å²) < 4.78 is 0. The summed E-state index contributed by atoms with van der Waals surface area (Å²) in [4.78, 5) is 40.4. The fraction of sp³-hybridized carbons (Fsp3) is 0.588. The minimum Gasteiger partial charge on any atom is -0.387 e. The SMILES string of the molecule is CN1C(=O)N(CC(=O)C2=CNCC=C2)C(=O)C1(C)C1CCCC1. The van der Waals surface area contributed by atoms with Crippen LogP contribution in [-0.2, 0) is 9.59 Å². The molecule has 1 saturated heterocycles. The van der Waals surface area contributed by atoms with Crippen LogP contribution in [0.25, 0.3) is 0 Å². The Morgan fingerprint density at radius 1 is 1.35 bits per heavy atom. The molecule has 2 heterocycles. The van der Waals surface area contributed by atoms with E-state index in [2.05, 4.69) is 5.32 Å². The minimum atomic E-state index is -0.817. The summed E-state index contributed by atoms with van der Waals surface area (Å²) in [5, 5.41) is 2.96. The molecule has 1 saturated carbocycles. The Kier molecular flexibility index (Phi) is 4.00. The molecule has 0 aromatic carbocycles. The van der Waals surface area contributed by atoms with E-state index in [4.69, 9.17) is 0 Å². The van der Waals surface area contributed by atoms with E-state index in [9.17, 15) is 14.4 Å². The molecule has 2 aliphatic heterocycles. The Morgan fingerprint density at radius 2 is 2.04 bits per heavy atom. The Labute approximate surface area is 136 Å². The quantitative estimate of drug-likeness (QED) is 0.797. The van der Waals surface area contributed by atoms with Gasteiger partial charge in [0.2, 0.25) is 0 Å². The maximum atomic E-state index is 12.9. The van der Waals surface area contributed by atoms with E-state index in [0.29, 0.717) is 12.1 Å². The number of hydrogen-bond acceptors (Lipinski definition) is 4. The van der Waals surface area contributed by atoms with Crippen LogP contribution in [0.1, 0.15) is 32.6 Å². The first-order valence-corrected chi connectivity index (χ1v) is 8.19. The van der Waals surface area contributed by atoms with Crippen molar-refractivity contribution in [3.8, 4) is 0 Å². The van der Waals surface area contributed by atoms with Crippen LogP contribution in [0.4, 0.5) is 4.79 Å². The molecule has 124 valence electrons. The average molecular weight is 317 g/mol. The van der Waals surface area contributed by atoms with Gasteiger partial charge in [-0.05, 0) is 25.7 Å². The second-order valence-electron chi connectivity index (χ2n) is 6.70. The molecule has 3 rings (SSSR count). The second-order valence-corrected chi connectivity index (χ2v) is 6.70. The standard InChI is InChI=1S/C17H23N3O3/c1-17(13-7-3-4-8-13)15(22)20(16(23)19(17)2)11-14(21)12-6-5-9-18-10-12/h5-6,10,13,18H,3-4,7-9,11H2,1-2H3. The van der Waals surface area contributed by atoms with Gasteiger partial charge in [-0.15, -0.1) is 0 Å². The van der Waals surface area contributed by atoms with Gasteiger partial charge in [0.15, 0.2) is 5.78 Å². The van der Waals surface area contributed by atoms with Crippen molar-refractivity contribution in [2.75, 3.05) is 20.1 Å². The lowest BCUT2D eigenvalue weighted by molar-refractivity contribution is -0.136. The lowest BCUT2D eigenvalue weighted by Gasteiger charge is -2.34. The molecule has 0 bridgehead atoms. The molecule has 0 aromatic rings. The number of ketones is 1. The van der Waals surface area contributed by atoms with Crippen LogP contribution < -0.4 is 5.32 Å². The zero-order chi connectivity index (χ0) is 16.6. The van der Waals surface area contributed by atoms with E-state index in [-0.39, 0.29) is 30.2 Å². The third kappa shape index (κ3) is 2.46. The van der Waals surface area contributed by atoms with E-state index in [0.717, 1.165) is 30.6 Å². The molecule has 6 heteroatoms. The first-order chi connectivity index (χ1) is 11.0. The van der Waals surface area contributed by atoms with Crippen LogP contribution in [0.2, 0.25) is 0 Å². The number of allylic oxidation sites excluding steroid dienone is 1. The lowest BCUT2D eigenvalue weighted by Crippen LogP contribution is -2.50. The molecule has 1 aliphatic carbocycles. The van der Waals surface area contributed by atoms with Crippen molar-refractivity contribution in [3.05, 3.63) is 23.9 Å². The number of carbonyl (C=O) groups excluding carboxylic acids is 3. The van der Waals surface area contributed by atoms with Gasteiger partial charge in [0.1, 0.15) is 5.54 Å². The summed E-state index contributed by atoms with van der Waals surface area (Å²) in [7, 11) is 1.67. The largest absolute Gasteiger partial charge is 0.387 e. The molecule has 0 aromatic heterocycles. The lowest BCUT2D eigenvalue weighted by atomic mass is 9.83. The third-order valence-electron chi connectivity index (χ3n) is 5.46. The highest BCUT2D eigenvalue weighted by Crippen LogP contribution is 2.41. The van der Waals surface area contributed by atoms with Crippen molar-refractivity contribution in [1.29, 1.82) is 0 Å². The second kappa shape index (κ2) is 5.83. The number of nitrogens with zero attached hydrogens (tertiary/aromatic N) is 2. The van der Waals surface area contributed by atoms with Crippen molar-refractivity contribution in [2.45, 2.75) is 38.1 Å². The topological polar surface area (TPSA) is 69.7 Å². The van der Waals surface area contributed by atoms with Gasteiger partial charge in [0.05, 0.1) is 6.54 Å². The summed E-state index contributed by atoms with van der Waals surface area (Å²) in [6.07, 6.45) is 9.31. The predicted molar refractivity (Wildman–Crippen MR) is 85.5 cm³/mol. The van der Waals surface area contributed by atoms with Gasteiger partial charge in [-0.2, -0.15) is 0 Å². The molecule has 23 heavy (non-hydrogen) atoms. The number of amides is 3. The maximum absolute atomic E-state index is 12.9. The normalized spacial score (nSPS) is 28.3. The zero-order valence-corrected chi connectivity index (χ0v) is 13.7. The molecule has 1 N–H and O–H groups in total. The number of Topliss-reactive ketones (excluding diaryl/α,β-unsaturated/α-hetero) is 1. The number of likely N-dealkylation sites (N-methyl/N-ethyl adjacent to an activating group) is 1. The Bertz CT molecular complexity index is 604. The van der Waals surface area contributed by atoms with Gasteiger partial charge < -0.3 is 10.2 Å². The highest BCUT2D eigenvalue weighted by Gasteiger charge is 2.57. The number of rotatable bonds is 4. The van der Waals surface area contributed by atoms with Gasteiger partial charge >= 0.3 is 6.03 Å². The van der Waals surface area contributed by atoms with Crippen molar-refractivity contribution >= 4 is 17.7 Å². The van der Waals surface area contributed by atoms with Gasteiger partial charge in [-0.3, -0.25) is 14.5 Å². The zero-order valence-electron chi connectivity index (χ0n) is 13.7. The van der Waals surface area contributed by atoms with Crippen LogP contribution in [0, 0.1) is 5.92 Å². The number of dihydropyridines is 1. The smallest absolute Gasteiger partial charge is 0.327 e. The monoisotopic (exact) mass is 317 g/mol. The van der Waals surface area contributed by atoms with E-state index in [1.807, 2.05) is 13.0 Å². The number of imide groups is 1. The number of carbonyl (C=O) groups is 3. The highest BCUT2D eigenvalue weighted by atomic mass is 16.2. The van der Waals surface area contributed by atoms with Crippen molar-refractivity contribution in [2.24, 2.45) is 5.92 Å². The van der Waals surface area contributed by atoms with Gasteiger partial charge in [-0.1, -0.05) is 25.0 Å². The van der Waals surface area contributed by atoms with Gasteiger partial charge in [0.25, 0.3) is 5.91 Å². The first-order valence-electron chi connectivity index (χ1n) is 8.19. The van der Waals surface area contributed by atoms with Crippen molar-refractivity contribution in [3.63, 3.8) is 0 Å². The molecule has 3 aliphatic rings. The Hall–Kier alpha value is -2.11. The van der Waals surface area contributed by atoms with E-state index >= 15 is 0 Å². The number of hydrogen-bond donors (Lipinski definition) is 1. The molecule has 6 nitrogen and oxygen atoms in total. The molecule has 0 spiro atoms. The third-order valence-corrected chi connectivity index (χ3v) is 5.46. The fourth-order valence-corrected chi connectivity index (χ4v) is 3.84. The van der Waals surface area contributed by atoms with Crippen LogP contribution in [0.5, 0.6) is 0 Å². The fourth-order valence-electron chi connectivity index (χ4n) is 3.84. The molecular formula is C17H23N3O3.